The van der Waals surface area contributed by atoms with Crippen LogP contribution in [0.5, 0.6) is 0 Å². The molecule has 2 amide bonds. The third-order valence-corrected chi connectivity index (χ3v) is 3.92. The molecule has 9 nitrogen and oxygen atoms in total. The average Bonchev–Trinajstić information content (AvgIpc) is 3.17. The Balaban J connectivity index is 1.96. The van der Waals surface area contributed by atoms with Crippen molar-refractivity contribution in [3.05, 3.63) is 29.5 Å². The van der Waals surface area contributed by atoms with Gasteiger partial charge in [0.15, 0.2) is 5.65 Å². The topological polar surface area (TPSA) is 124 Å². The number of nitrogens with zero attached hydrogens (tertiary/aromatic N) is 5. The highest BCUT2D eigenvalue weighted by atomic mass is 16.5. The summed E-state index contributed by atoms with van der Waals surface area (Å²) < 4.78 is 7.09. The van der Waals surface area contributed by atoms with Gasteiger partial charge in [0.05, 0.1) is 11.8 Å². The molecule has 0 aliphatic rings. The first-order valence-electron chi connectivity index (χ1n) is 8.21. The number of nitrogens with one attached hydrogen (secondary N) is 1. The van der Waals surface area contributed by atoms with Crippen LogP contribution >= 0.6 is 0 Å². The quantitative estimate of drug-likeness (QED) is 0.707. The monoisotopic (exact) mass is 343 g/mol. The number of carbonyl (C=O) groups is 1. The first kappa shape index (κ1) is 16.9. The fourth-order valence-electron chi connectivity index (χ4n) is 2.75. The van der Waals surface area contributed by atoms with Gasteiger partial charge < -0.3 is 15.6 Å². The Kier molecular flexibility index (Phi) is 4.64. The van der Waals surface area contributed by atoms with Crippen molar-refractivity contribution in [2.24, 2.45) is 5.73 Å². The Morgan fingerprint density at radius 2 is 2.20 bits per heavy atom. The highest BCUT2D eigenvalue weighted by molar-refractivity contribution is 5.73. The van der Waals surface area contributed by atoms with Crippen molar-refractivity contribution in [1.29, 1.82) is 0 Å². The van der Waals surface area contributed by atoms with Crippen LogP contribution in [0.2, 0.25) is 0 Å². The van der Waals surface area contributed by atoms with Crippen LogP contribution in [0.3, 0.4) is 0 Å². The largest absolute Gasteiger partial charge is 0.352 e. The van der Waals surface area contributed by atoms with E-state index in [-0.39, 0.29) is 0 Å². The number of hydrogen-bond donors (Lipinski definition) is 2. The van der Waals surface area contributed by atoms with E-state index in [1.807, 2.05) is 19.9 Å². The van der Waals surface area contributed by atoms with Gasteiger partial charge in [-0.05, 0) is 26.3 Å². The molecule has 0 spiro atoms. The number of urea groups is 1. The molecule has 0 fully saturated rings. The molecule has 9 heteroatoms. The molecule has 0 unspecified atom stereocenters. The van der Waals surface area contributed by atoms with Crippen LogP contribution < -0.4 is 11.1 Å². The lowest BCUT2D eigenvalue weighted by molar-refractivity contribution is 0.239. The van der Waals surface area contributed by atoms with Crippen LogP contribution in [-0.2, 0) is 0 Å². The van der Waals surface area contributed by atoms with Crippen LogP contribution in [-0.4, -0.2) is 30.8 Å². The molecule has 3 N–H and O–H groups in total. The van der Waals surface area contributed by atoms with E-state index >= 15 is 0 Å². The third-order valence-electron chi connectivity index (χ3n) is 3.92. The molecule has 3 aromatic heterocycles. The molecule has 132 valence electrons. The van der Waals surface area contributed by atoms with E-state index in [0.29, 0.717) is 29.3 Å². The van der Waals surface area contributed by atoms with Crippen LogP contribution in [0, 0.1) is 13.8 Å². The summed E-state index contributed by atoms with van der Waals surface area (Å²) in [7, 11) is 0. The van der Waals surface area contributed by atoms with Crippen molar-refractivity contribution < 1.29 is 9.32 Å². The fraction of sp³-hybridized carbons (Fsp3) is 0.438. The lowest BCUT2D eigenvalue weighted by Crippen LogP contribution is -2.33. The predicted molar refractivity (Wildman–Crippen MR) is 90.7 cm³/mol. The number of aryl methyl sites for hydroxylation is 2. The first-order chi connectivity index (χ1) is 12.0. The smallest absolute Gasteiger partial charge is 0.312 e. The average molecular weight is 343 g/mol. The summed E-state index contributed by atoms with van der Waals surface area (Å²) >= 11 is 0. The summed E-state index contributed by atoms with van der Waals surface area (Å²) in [6, 6.07) is 0.921. The molecular weight excluding hydrogens is 322 g/mol. The molecule has 3 rings (SSSR count). The van der Waals surface area contributed by atoms with Crippen molar-refractivity contribution in [1.82, 2.24) is 30.1 Å². The van der Waals surface area contributed by atoms with E-state index in [0.717, 1.165) is 24.2 Å². The molecule has 0 aliphatic heterocycles. The summed E-state index contributed by atoms with van der Waals surface area (Å²) in [4.78, 5) is 20.2. The molecule has 0 saturated carbocycles. The highest BCUT2D eigenvalue weighted by Crippen LogP contribution is 2.25. The third kappa shape index (κ3) is 3.44. The number of unbranched alkanes of at least 4 members (excludes halogenated alkanes) is 1. The second kappa shape index (κ2) is 6.88. The standard InChI is InChI=1S/C16H21N7O2/c1-4-5-6-12(20-16(17)24)15-21-13(22-25-15)11-8-18-23-10(3)7-9(2)19-14(11)23/h7-8,12H,4-6H2,1-3H3,(H3,17,20,24)/t12-/m1/s1. The zero-order valence-electron chi connectivity index (χ0n) is 14.5. The minimum absolute atomic E-state index is 0.325. The molecule has 0 aromatic carbocycles. The Morgan fingerprint density at radius 1 is 1.40 bits per heavy atom. The molecule has 25 heavy (non-hydrogen) atoms. The molecule has 0 bridgehead atoms. The number of fused-ring (bicyclic) bond motifs is 1. The van der Waals surface area contributed by atoms with Crippen LogP contribution in [0.4, 0.5) is 4.79 Å². The molecule has 0 radical (unpaired) electrons. The summed E-state index contributed by atoms with van der Waals surface area (Å²) in [5, 5.41) is 11.0. The van der Waals surface area contributed by atoms with Gasteiger partial charge in [-0.1, -0.05) is 24.9 Å². The normalized spacial score (nSPS) is 12.4. The Morgan fingerprint density at radius 3 is 2.92 bits per heavy atom. The van der Waals surface area contributed by atoms with Crippen molar-refractivity contribution >= 4 is 11.7 Å². The van der Waals surface area contributed by atoms with Gasteiger partial charge in [0.1, 0.15) is 6.04 Å². The minimum atomic E-state index is -0.621. The van der Waals surface area contributed by atoms with Crippen LogP contribution in [0.25, 0.3) is 17.0 Å². The number of primary amides is 1. The van der Waals surface area contributed by atoms with E-state index in [2.05, 4.69) is 32.5 Å². The van der Waals surface area contributed by atoms with E-state index in [4.69, 9.17) is 10.3 Å². The summed E-state index contributed by atoms with van der Waals surface area (Å²) in [6.07, 6.45) is 4.21. The zero-order chi connectivity index (χ0) is 18.0. The van der Waals surface area contributed by atoms with E-state index in [1.54, 1.807) is 10.7 Å². The summed E-state index contributed by atoms with van der Waals surface area (Å²) in [5.41, 5.74) is 8.44. The van der Waals surface area contributed by atoms with Gasteiger partial charge in [-0.15, -0.1) is 0 Å². The van der Waals surface area contributed by atoms with Gasteiger partial charge in [-0.2, -0.15) is 10.1 Å². The second-order valence-electron chi connectivity index (χ2n) is 5.99. The molecule has 3 aromatic rings. The molecule has 0 aliphatic carbocycles. The number of nitrogens with two attached hydrogens (primary N) is 1. The predicted octanol–water partition coefficient (Wildman–Crippen LogP) is 2.30. The molecule has 3 heterocycles. The van der Waals surface area contributed by atoms with E-state index in [1.165, 1.54) is 0 Å². The van der Waals surface area contributed by atoms with Gasteiger partial charge in [0, 0.05) is 11.4 Å². The van der Waals surface area contributed by atoms with Gasteiger partial charge in [0.25, 0.3) is 0 Å². The summed E-state index contributed by atoms with van der Waals surface area (Å²) in [5.74, 6) is 0.709. The first-order valence-corrected chi connectivity index (χ1v) is 8.21. The van der Waals surface area contributed by atoms with Gasteiger partial charge in [-0.3, -0.25) is 0 Å². The molecular formula is C16H21N7O2. The lowest BCUT2D eigenvalue weighted by atomic mass is 10.1. The SMILES string of the molecule is CCCC[C@@H](NC(N)=O)c1nc(-c2cnn3c(C)cc(C)nc23)no1. The highest BCUT2D eigenvalue weighted by Gasteiger charge is 2.22. The Hall–Kier alpha value is -2.97. The number of aromatic nitrogens is 5. The van der Waals surface area contributed by atoms with E-state index in [9.17, 15) is 4.79 Å². The Bertz CT molecular complexity index is 899. The van der Waals surface area contributed by atoms with Crippen LogP contribution in [0.15, 0.2) is 16.8 Å². The van der Waals surface area contributed by atoms with E-state index < -0.39 is 12.1 Å². The van der Waals surface area contributed by atoms with Gasteiger partial charge >= 0.3 is 6.03 Å². The van der Waals surface area contributed by atoms with Gasteiger partial charge in [0.2, 0.25) is 11.7 Å². The second-order valence-corrected chi connectivity index (χ2v) is 5.99. The van der Waals surface area contributed by atoms with Crippen molar-refractivity contribution in [3.63, 3.8) is 0 Å². The fourth-order valence-corrected chi connectivity index (χ4v) is 2.75. The van der Waals surface area contributed by atoms with Gasteiger partial charge in [-0.25, -0.2) is 14.3 Å². The van der Waals surface area contributed by atoms with Crippen molar-refractivity contribution in [2.75, 3.05) is 0 Å². The zero-order valence-corrected chi connectivity index (χ0v) is 14.5. The Labute approximate surface area is 144 Å². The molecule has 1 atom stereocenters. The molecule has 0 saturated heterocycles. The van der Waals surface area contributed by atoms with Crippen molar-refractivity contribution in [3.8, 4) is 11.4 Å². The lowest BCUT2D eigenvalue weighted by Gasteiger charge is -2.12. The number of amides is 2. The van der Waals surface area contributed by atoms with Crippen LogP contribution in [0.1, 0.15) is 49.5 Å². The maximum absolute atomic E-state index is 11.2. The number of carbonyl (C=O) groups excluding carboxylic acids is 1. The maximum atomic E-state index is 11.2. The maximum Gasteiger partial charge on any atom is 0.312 e. The number of rotatable bonds is 6. The number of hydrogen-bond acceptors (Lipinski definition) is 6. The van der Waals surface area contributed by atoms with Crippen molar-refractivity contribution in [2.45, 2.75) is 46.1 Å². The minimum Gasteiger partial charge on any atom is -0.352 e. The summed E-state index contributed by atoms with van der Waals surface area (Å²) in [6.45, 7) is 5.94.